The van der Waals surface area contributed by atoms with Gasteiger partial charge in [-0.3, -0.25) is 0 Å². The molecule has 0 amide bonds. The maximum atomic E-state index is 4.99. The number of nitrogens with zero attached hydrogens (tertiary/aromatic N) is 3. The van der Waals surface area contributed by atoms with Crippen molar-refractivity contribution in [3.63, 3.8) is 0 Å². The van der Waals surface area contributed by atoms with Gasteiger partial charge in [0.15, 0.2) is 0 Å². The molecule has 1 aliphatic heterocycles. The predicted molar refractivity (Wildman–Crippen MR) is 270 cm³/mol. The van der Waals surface area contributed by atoms with Gasteiger partial charge in [0.25, 0.3) is 0 Å². The first-order valence-corrected chi connectivity index (χ1v) is 22.2. The van der Waals surface area contributed by atoms with Crippen LogP contribution in [0.15, 0.2) is 219 Å². The Morgan fingerprint density at radius 1 is 0.484 bits per heavy atom. The number of anilines is 2. The van der Waals surface area contributed by atoms with Crippen LogP contribution in [0.25, 0.3) is 78.7 Å². The summed E-state index contributed by atoms with van der Waals surface area (Å²) in [5.74, 6) is 0.268. The van der Waals surface area contributed by atoms with Crippen molar-refractivity contribution in [2.24, 2.45) is 5.92 Å². The zero-order valence-electron chi connectivity index (χ0n) is 35.7. The van der Waals surface area contributed by atoms with E-state index in [0.29, 0.717) is 0 Å². The second-order valence-corrected chi connectivity index (χ2v) is 17.1. The maximum absolute atomic E-state index is 4.99. The third-order valence-electron chi connectivity index (χ3n) is 13.3. The van der Waals surface area contributed by atoms with Gasteiger partial charge >= 0.3 is 0 Å². The molecular formula is C61H45N3. The SMILES string of the molecule is C=C1c2cc(C3=Cc4c(n(-c5cccc(-c6ccccc6)c5)c5ccccc45)CC3C)ccc2N(c2ccc(-c3ccccc3)cc2)/C=C\c2c1c1ccccc1n2-c1ccccc1. The summed E-state index contributed by atoms with van der Waals surface area (Å²) in [5.41, 5.74) is 21.3. The molecule has 1 aliphatic carbocycles. The Morgan fingerprint density at radius 3 is 1.80 bits per heavy atom. The molecule has 0 radical (unpaired) electrons. The minimum atomic E-state index is 0.268. The summed E-state index contributed by atoms with van der Waals surface area (Å²) in [6.45, 7) is 7.38. The molecule has 8 aromatic carbocycles. The average Bonchev–Trinajstić information content (AvgIpc) is 3.86. The van der Waals surface area contributed by atoms with Crippen molar-refractivity contribution in [1.82, 2.24) is 9.13 Å². The summed E-state index contributed by atoms with van der Waals surface area (Å²) in [7, 11) is 0. The van der Waals surface area contributed by atoms with Crippen LogP contribution in [0.5, 0.6) is 0 Å². The normalized spacial score (nSPS) is 15.0. The van der Waals surface area contributed by atoms with Gasteiger partial charge in [-0.25, -0.2) is 0 Å². The lowest BCUT2D eigenvalue weighted by Crippen LogP contribution is -2.15. The van der Waals surface area contributed by atoms with Crippen molar-refractivity contribution in [3.8, 4) is 33.6 Å². The molecule has 3 nitrogen and oxygen atoms in total. The van der Waals surface area contributed by atoms with Crippen LogP contribution in [0.2, 0.25) is 0 Å². The third-order valence-corrected chi connectivity index (χ3v) is 13.3. The van der Waals surface area contributed by atoms with Crippen molar-refractivity contribution in [1.29, 1.82) is 0 Å². The summed E-state index contributed by atoms with van der Waals surface area (Å²) in [5, 5.41) is 2.46. The highest BCUT2D eigenvalue weighted by atomic mass is 15.1. The van der Waals surface area contributed by atoms with E-state index in [1.165, 1.54) is 66.6 Å². The molecule has 1 unspecified atom stereocenters. The third kappa shape index (κ3) is 6.20. The van der Waals surface area contributed by atoms with Gasteiger partial charge < -0.3 is 14.0 Å². The lowest BCUT2D eigenvalue weighted by molar-refractivity contribution is 0.708. The molecule has 304 valence electrons. The Labute approximate surface area is 374 Å². The molecule has 2 aliphatic rings. The van der Waals surface area contributed by atoms with E-state index in [-0.39, 0.29) is 5.92 Å². The molecule has 64 heavy (non-hydrogen) atoms. The largest absolute Gasteiger partial charge is 0.316 e. The van der Waals surface area contributed by atoms with E-state index in [2.05, 4.69) is 246 Å². The molecule has 3 heterocycles. The van der Waals surface area contributed by atoms with Gasteiger partial charge in [-0.05, 0) is 124 Å². The molecular weight excluding hydrogens is 775 g/mol. The van der Waals surface area contributed by atoms with E-state index in [4.69, 9.17) is 6.58 Å². The van der Waals surface area contributed by atoms with Crippen molar-refractivity contribution in [2.75, 3.05) is 4.90 Å². The number of allylic oxidation sites excluding steroid dienone is 1. The Hall–Kier alpha value is -8.14. The summed E-state index contributed by atoms with van der Waals surface area (Å²) in [4.78, 5) is 2.34. The number of rotatable bonds is 6. The number of hydrogen-bond donors (Lipinski definition) is 0. The number of para-hydroxylation sites is 3. The molecule has 2 aromatic heterocycles. The highest BCUT2D eigenvalue weighted by molar-refractivity contribution is 6.06. The Kier molecular flexibility index (Phi) is 9.01. The molecule has 3 heteroatoms. The molecule has 0 saturated carbocycles. The van der Waals surface area contributed by atoms with Crippen LogP contribution >= 0.6 is 0 Å². The Bertz CT molecular complexity index is 3470. The van der Waals surface area contributed by atoms with E-state index in [0.717, 1.165) is 51.4 Å². The average molecular weight is 820 g/mol. The second-order valence-electron chi connectivity index (χ2n) is 17.1. The molecule has 0 fully saturated rings. The molecule has 0 N–H and O–H groups in total. The van der Waals surface area contributed by atoms with Crippen LogP contribution in [0, 0.1) is 5.92 Å². The Balaban J connectivity index is 1.03. The van der Waals surface area contributed by atoms with Gasteiger partial charge in [-0.2, -0.15) is 0 Å². The molecule has 12 rings (SSSR count). The number of aromatic nitrogens is 2. The number of benzene rings is 8. The minimum absolute atomic E-state index is 0.268. The van der Waals surface area contributed by atoms with Crippen molar-refractivity contribution in [2.45, 2.75) is 13.3 Å². The first kappa shape index (κ1) is 37.6. The topological polar surface area (TPSA) is 13.1 Å². The monoisotopic (exact) mass is 819 g/mol. The van der Waals surface area contributed by atoms with E-state index >= 15 is 0 Å². The maximum Gasteiger partial charge on any atom is 0.0561 e. The van der Waals surface area contributed by atoms with E-state index in [9.17, 15) is 0 Å². The summed E-state index contributed by atoms with van der Waals surface area (Å²) in [6.07, 6.45) is 7.91. The highest BCUT2D eigenvalue weighted by Gasteiger charge is 2.29. The summed E-state index contributed by atoms with van der Waals surface area (Å²) < 4.78 is 4.89. The fourth-order valence-corrected chi connectivity index (χ4v) is 10.3. The minimum Gasteiger partial charge on any atom is -0.316 e. The van der Waals surface area contributed by atoms with Gasteiger partial charge in [-0.15, -0.1) is 0 Å². The molecule has 0 saturated heterocycles. The smallest absolute Gasteiger partial charge is 0.0561 e. The molecule has 10 aromatic rings. The van der Waals surface area contributed by atoms with Gasteiger partial charge in [0, 0.05) is 56.4 Å². The van der Waals surface area contributed by atoms with Gasteiger partial charge in [0.1, 0.15) is 0 Å². The standard InChI is InChI=1S/C61H45N3/c1-41-37-60-55(51-25-12-14-27-57(51)64(60)50-24-16-21-46(38-50)44-19-8-4-9-20-44)40-53(41)47-31-34-56-54(39-47)42(2)61-52-26-13-15-28-58(52)63(49-22-10-5-11-23-49)59(61)35-36-62(56)48-32-29-45(30-33-48)43-17-6-3-7-18-43/h3-36,38-41H,2,37H2,1H3/b36-35-. The van der Waals surface area contributed by atoms with Crippen molar-refractivity contribution >= 4 is 56.5 Å². The van der Waals surface area contributed by atoms with Crippen LogP contribution in [-0.4, -0.2) is 9.13 Å². The fraction of sp³-hybridized carbons (Fsp3) is 0.0492. The first-order valence-electron chi connectivity index (χ1n) is 22.2. The van der Waals surface area contributed by atoms with Crippen molar-refractivity contribution in [3.05, 3.63) is 253 Å². The summed E-state index contributed by atoms with van der Waals surface area (Å²) in [6, 6.07) is 74.6. The first-order chi connectivity index (χ1) is 31.6. The number of hydrogen-bond acceptors (Lipinski definition) is 1. The second kappa shape index (κ2) is 15.3. The van der Waals surface area contributed by atoms with Gasteiger partial charge in [0.05, 0.1) is 22.4 Å². The van der Waals surface area contributed by atoms with Crippen LogP contribution < -0.4 is 4.90 Å². The molecule has 0 bridgehead atoms. The van der Waals surface area contributed by atoms with E-state index < -0.39 is 0 Å². The quantitative estimate of drug-likeness (QED) is 0.163. The number of fused-ring (bicyclic) bond motifs is 7. The lowest BCUT2D eigenvalue weighted by Gasteiger charge is -2.29. The Morgan fingerprint density at radius 2 is 1.06 bits per heavy atom. The zero-order valence-corrected chi connectivity index (χ0v) is 35.7. The van der Waals surface area contributed by atoms with E-state index in [1.54, 1.807) is 0 Å². The molecule has 0 spiro atoms. The van der Waals surface area contributed by atoms with Crippen molar-refractivity contribution < 1.29 is 0 Å². The van der Waals surface area contributed by atoms with Crippen LogP contribution in [-0.2, 0) is 6.42 Å². The zero-order chi connectivity index (χ0) is 42.7. The predicted octanol–water partition coefficient (Wildman–Crippen LogP) is 15.8. The van der Waals surface area contributed by atoms with Crippen LogP contribution in [0.4, 0.5) is 11.4 Å². The van der Waals surface area contributed by atoms with Gasteiger partial charge in [0.2, 0.25) is 0 Å². The lowest BCUT2D eigenvalue weighted by atomic mass is 9.82. The fourth-order valence-electron chi connectivity index (χ4n) is 10.3. The highest BCUT2D eigenvalue weighted by Crippen LogP contribution is 2.47. The van der Waals surface area contributed by atoms with E-state index in [1.807, 2.05) is 0 Å². The molecule has 1 atom stereocenters. The van der Waals surface area contributed by atoms with Crippen LogP contribution in [0.3, 0.4) is 0 Å². The van der Waals surface area contributed by atoms with Crippen LogP contribution in [0.1, 0.15) is 40.6 Å². The van der Waals surface area contributed by atoms with Gasteiger partial charge in [-0.1, -0.05) is 159 Å². The summed E-state index contributed by atoms with van der Waals surface area (Å²) >= 11 is 0.